The van der Waals surface area contributed by atoms with Gasteiger partial charge in [-0.3, -0.25) is 4.40 Å². The SMILES string of the molecule is Cc1ccn2c(NCc3nc(C)cs3)nnc2c1. The molecule has 5 nitrogen and oxygen atoms in total. The molecule has 0 bridgehead atoms. The van der Waals surface area contributed by atoms with Crippen LogP contribution in [0.3, 0.4) is 0 Å². The van der Waals surface area contributed by atoms with Gasteiger partial charge < -0.3 is 5.32 Å². The van der Waals surface area contributed by atoms with E-state index < -0.39 is 0 Å². The maximum atomic E-state index is 4.40. The Labute approximate surface area is 109 Å². The second-order valence-corrected chi connectivity index (χ2v) is 5.13. The highest BCUT2D eigenvalue weighted by Gasteiger charge is 2.05. The molecule has 0 spiro atoms. The molecule has 3 heterocycles. The molecule has 0 amide bonds. The average molecular weight is 259 g/mol. The summed E-state index contributed by atoms with van der Waals surface area (Å²) in [7, 11) is 0. The number of hydrogen-bond donors (Lipinski definition) is 1. The number of pyridine rings is 1. The minimum absolute atomic E-state index is 0.674. The van der Waals surface area contributed by atoms with Crippen molar-refractivity contribution in [2.24, 2.45) is 0 Å². The molecule has 0 radical (unpaired) electrons. The molecule has 0 unspecified atom stereocenters. The maximum absolute atomic E-state index is 4.40. The molecule has 0 saturated heterocycles. The van der Waals surface area contributed by atoms with Gasteiger partial charge >= 0.3 is 0 Å². The van der Waals surface area contributed by atoms with Crippen LogP contribution < -0.4 is 5.32 Å². The topological polar surface area (TPSA) is 55.1 Å². The largest absolute Gasteiger partial charge is 0.347 e. The highest BCUT2D eigenvalue weighted by Crippen LogP contribution is 2.13. The van der Waals surface area contributed by atoms with Crippen molar-refractivity contribution in [1.29, 1.82) is 0 Å². The van der Waals surface area contributed by atoms with E-state index in [0.29, 0.717) is 6.54 Å². The predicted octanol–water partition coefficient (Wildman–Crippen LogP) is 2.41. The first-order valence-corrected chi connectivity index (χ1v) is 6.56. The number of fused-ring (bicyclic) bond motifs is 1. The van der Waals surface area contributed by atoms with E-state index in [4.69, 9.17) is 0 Å². The summed E-state index contributed by atoms with van der Waals surface area (Å²) in [4.78, 5) is 4.40. The van der Waals surface area contributed by atoms with Gasteiger partial charge in [0.15, 0.2) is 5.65 Å². The van der Waals surface area contributed by atoms with E-state index in [-0.39, 0.29) is 0 Å². The van der Waals surface area contributed by atoms with Crippen molar-refractivity contribution < 1.29 is 0 Å². The monoisotopic (exact) mass is 259 g/mol. The van der Waals surface area contributed by atoms with Crippen LogP contribution in [-0.4, -0.2) is 19.6 Å². The molecule has 0 aliphatic heterocycles. The van der Waals surface area contributed by atoms with E-state index in [1.807, 2.05) is 42.0 Å². The van der Waals surface area contributed by atoms with Gasteiger partial charge in [0.1, 0.15) is 5.01 Å². The number of nitrogens with one attached hydrogen (secondary N) is 1. The van der Waals surface area contributed by atoms with Gasteiger partial charge in [-0.2, -0.15) is 0 Å². The Morgan fingerprint density at radius 1 is 1.33 bits per heavy atom. The lowest BCUT2D eigenvalue weighted by molar-refractivity contribution is 1.01. The molecular weight excluding hydrogens is 246 g/mol. The van der Waals surface area contributed by atoms with Crippen molar-refractivity contribution in [3.05, 3.63) is 40.0 Å². The minimum Gasteiger partial charge on any atom is -0.347 e. The van der Waals surface area contributed by atoms with Crippen LogP contribution in [0.1, 0.15) is 16.3 Å². The van der Waals surface area contributed by atoms with Crippen LogP contribution in [0.4, 0.5) is 5.95 Å². The molecule has 92 valence electrons. The lowest BCUT2D eigenvalue weighted by Crippen LogP contribution is -2.03. The Balaban J connectivity index is 1.82. The van der Waals surface area contributed by atoms with Crippen LogP contribution in [0.15, 0.2) is 23.7 Å². The molecule has 3 aromatic rings. The van der Waals surface area contributed by atoms with E-state index in [0.717, 1.165) is 22.3 Å². The molecular formula is C12H13N5S. The van der Waals surface area contributed by atoms with Crippen molar-refractivity contribution in [2.75, 3.05) is 5.32 Å². The predicted molar refractivity (Wildman–Crippen MR) is 71.9 cm³/mol. The van der Waals surface area contributed by atoms with Crippen LogP contribution in [0.25, 0.3) is 5.65 Å². The Hall–Kier alpha value is -1.95. The highest BCUT2D eigenvalue weighted by molar-refractivity contribution is 7.09. The van der Waals surface area contributed by atoms with E-state index in [2.05, 4.69) is 20.5 Å². The zero-order valence-corrected chi connectivity index (χ0v) is 11.0. The van der Waals surface area contributed by atoms with E-state index >= 15 is 0 Å². The molecule has 0 aliphatic carbocycles. The van der Waals surface area contributed by atoms with Crippen LogP contribution in [0.2, 0.25) is 0 Å². The molecule has 0 atom stereocenters. The number of rotatable bonds is 3. The summed E-state index contributed by atoms with van der Waals surface area (Å²) in [6, 6.07) is 4.04. The summed E-state index contributed by atoms with van der Waals surface area (Å²) in [6.07, 6.45) is 1.97. The van der Waals surface area contributed by atoms with Crippen LogP contribution in [0.5, 0.6) is 0 Å². The van der Waals surface area contributed by atoms with Gasteiger partial charge in [-0.1, -0.05) is 0 Å². The molecule has 3 rings (SSSR count). The molecule has 6 heteroatoms. The van der Waals surface area contributed by atoms with Crippen molar-refractivity contribution in [2.45, 2.75) is 20.4 Å². The van der Waals surface area contributed by atoms with E-state index in [1.165, 1.54) is 5.56 Å². The lowest BCUT2D eigenvalue weighted by atomic mass is 10.3. The Morgan fingerprint density at radius 3 is 3.00 bits per heavy atom. The summed E-state index contributed by atoms with van der Waals surface area (Å²) in [5, 5.41) is 14.6. The zero-order valence-electron chi connectivity index (χ0n) is 10.2. The molecule has 1 N–H and O–H groups in total. The van der Waals surface area contributed by atoms with Crippen molar-refractivity contribution >= 4 is 22.9 Å². The number of hydrogen-bond acceptors (Lipinski definition) is 5. The summed E-state index contributed by atoms with van der Waals surface area (Å²) in [5.74, 6) is 0.748. The van der Waals surface area contributed by atoms with Crippen molar-refractivity contribution in [1.82, 2.24) is 19.6 Å². The zero-order chi connectivity index (χ0) is 12.5. The Morgan fingerprint density at radius 2 is 2.22 bits per heavy atom. The van der Waals surface area contributed by atoms with Crippen molar-refractivity contribution in [3.8, 4) is 0 Å². The average Bonchev–Trinajstić information content (AvgIpc) is 2.92. The molecule has 0 saturated carbocycles. The quantitative estimate of drug-likeness (QED) is 0.784. The van der Waals surface area contributed by atoms with Gasteiger partial charge in [0.05, 0.1) is 6.54 Å². The number of thiazole rings is 1. The molecule has 0 aromatic carbocycles. The van der Waals surface area contributed by atoms with Gasteiger partial charge in [-0.05, 0) is 31.5 Å². The fraction of sp³-hybridized carbons (Fsp3) is 0.250. The second kappa shape index (κ2) is 4.38. The number of aryl methyl sites for hydroxylation is 2. The third-order valence-corrected chi connectivity index (χ3v) is 3.60. The second-order valence-electron chi connectivity index (χ2n) is 4.19. The van der Waals surface area contributed by atoms with Crippen LogP contribution in [-0.2, 0) is 6.54 Å². The van der Waals surface area contributed by atoms with Gasteiger partial charge in [0, 0.05) is 17.3 Å². The number of aromatic nitrogens is 4. The smallest absolute Gasteiger partial charge is 0.229 e. The summed E-state index contributed by atoms with van der Waals surface area (Å²) >= 11 is 1.65. The third kappa shape index (κ3) is 2.06. The first-order chi connectivity index (χ1) is 8.72. The first kappa shape index (κ1) is 11.2. The number of anilines is 1. The summed E-state index contributed by atoms with van der Waals surface area (Å²) < 4.78 is 1.94. The Bertz CT molecular complexity index is 685. The molecule has 0 aliphatic rings. The lowest BCUT2D eigenvalue weighted by Gasteiger charge is -2.02. The maximum Gasteiger partial charge on any atom is 0.229 e. The Kier molecular flexibility index (Phi) is 2.71. The fourth-order valence-electron chi connectivity index (χ4n) is 1.75. The molecule has 18 heavy (non-hydrogen) atoms. The number of nitrogens with zero attached hydrogens (tertiary/aromatic N) is 4. The van der Waals surface area contributed by atoms with Crippen molar-refractivity contribution in [3.63, 3.8) is 0 Å². The van der Waals surface area contributed by atoms with Gasteiger partial charge in [-0.25, -0.2) is 4.98 Å². The standard InChI is InChI=1S/C12H13N5S/c1-8-3-4-17-10(5-8)15-16-12(17)13-6-11-14-9(2)7-18-11/h3-5,7H,6H2,1-2H3,(H,13,16). The van der Waals surface area contributed by atoms with Gasteiger partial charge in [-0.15, -0.1) is 21.5 Å². The minimum atomic E-state index is 0.674. The van der Waals surface area contributed by atoms with E-state index in [9.17, 15) is 0 Å². The van der Waals surface area contributed by atoms with Gasteiger partial charge in [0.25, 0.3) is 0 Å². The summed E-state index contributed by atoms with van der Waals surface area (Å²) in [5.41, 5.74) is 3.09. The fourth-order valence-corrected chi connectivity index (χ4v) is 2.46. The van der Waals surface area contributed by atoms with E-state index in [1.54, 1.807) is 11.3 Å². The summed E-state index contributed by atoms with van der Waals surface area (Å²) in [6.45, 7) is 4.71. The van der Waals surface area contributed by atoms with Crippen LogP contribution in [0, 0.1) is 13.8 Å². The normalized spacial score (nSPS) is 11.0. The third-order valence-electron chi connectivity index (χ3n) is 2.63. The first-order valence-electron chi connectivity index (χ1n) is 5.68. The highest BCUT2D eigenvalue weighted by atomic mass is 32.1. The van der Waals surface area contributed by atoms with Crippen LogP contribution >= 0.6 is 11.3 Å². The van der Waals surface area contributed by atoms with Gasteiger partial charge in [0.2, 0.25) is 5.95 Å². The molecule has 3 aromatic heterocycles. The molecule has 0 fully saturated rings.